The predicted octanol–water partition coefficient (Wildman–Crippen LogP) is 1.61. The number of benzene rings is 1. The molecule has 0 unspecified atom stereocenters. The maximum absolute atomic E-state index is 5.80. The Morgan fingerprint density at radius 3 is 2.39 bits per heavy atom. The number of para-hydroxylation sites is 1. The molecule has 2 fully saturated rings. The summed E-state index contributed by atoms with van der Waals surface area (Å²) in [6.07, 6.45) is 2.78. The summed E-state index contributed by atoms with van der Waals surface area (Å²) in [4.78, 5) is 5.52. The van der Waals surface area contributed by atoms with Crippen LogP contribution >= 0.6 is 12.2 Å². The van der Waals surface area contributed by atoms with Gasteiger partial charge in [-0.3, -0.25) is 4.90 Å². The van der Waals surface area contributed by atoms with Crippen molar-refractivity contribution >= 4 is 22.9 Å². The molecule has 96 valence electrons. The smallest absolute Gasteiger partial charge is 0.106 e. The lowest BCUT2D eigenvalue weighted by Gasteiger charge is -2.37. The first-order chi connectivity index (χ1) is 8.75. The maximum atomic E-state index is 5.80. The Bertz CT molecular complexity index is 448. The second-order valence-electron chi connectivity index (χ2n) is 5.14. The summed E-state index contributed by atoms with van der Waals surface area (Å²) in [5.74, 6) is 0. The minimum atomic E-state index is 0.496. The third-order valence-electron chi connectivity index (χ3n) is 3.89. The lowest BCUT2D eigenvalue weighted by atomic mass is 10.1. The first-order valence-electron chi connectivity index (χ1n) is 6.63. The molecule has 1 aromatic rings. The molecule has 0 spiro atoms. The Morgan fingerprint density at radius 2 is 1.78 bits per heavy atom. The zero-order valence-electron chi connectivity index (χ0n) is 10.5. The summed E-state index contributed by atoms with van der Waals surface area (Å²) in [5.41, 5.74) is 8.00. The van der Waals surface area contributed by atoms with E-state index >= 15 is 0 Å². The summed E-state index contributed by atoms with van der Waals surface area (Å²) < 4.78 is 0. The highest BCUT2D eigenvalue weighted by Gasteiger charge is 2.31. The van der Waals surface area contributed by atoms with E-state index in [9.17, 15) is 0 Å². The van der Waals surface area contributed by atoms with Gasteiger partial charge < -0.3 is 10.6 Å². The summed E-state index contributed by atoms with van der Waals surface area (Å²) in [6, 6.07) is 9.08. The van der Waals surface area contributed by atoms with Crippen LogP contribution in [-0.4, -0.2) is 42.1 Å². The van der Waals surface area contributed by atoms with Crippen molar-refractivity contribution in [3.63, 3.8) is 0 Å². The highest BCUT2D eigenvalue weighted by Crippen LogP contribution is 2.29. The van der Waals surface area contributed by atoms with Gasteiger partial charge in [-0.05, 0) is 25.0 Å². The predicted molar refractivity (Wildman–Crippen MR) is 79.1 cm³/mol. The Balaban J connectivity index is 1.73. The molecule has 2 N–H and O–H groups in total. The Labute approximate surface area is 114 Å². The molecule has 4 heteroatoms. The second kappa shape index (κ2) is 4.86. The van der Waals surface area contributed by atoms with Crippen LogP contribution in [0.4, 0.5) is 5.69 Å². The fraction of sp³-hybridized carbons (Fsp3) is 0.500. The van der Waals surface area contributed by atoms with Crippen LogP contribution in [0.3, 0.4) is 0 Å². The molecule has 18 heavy (non-hydrogen) atoms. The largest absolute Gasteiger partial charge is 0.389 e. The number of hydrogen-bond donors (Lipinski definition) is 1. The van der Waals surface area contributed by atoms with Crippen molar-refractivity contribution in [2.45, 2.75) is 18.9 Å². The van der Waals surface area contributed by atoms with Gasteiger partial charge in [0.2, 0.25) is 0 Å². The van der Waals surface area contributed by atoms with Crippen LogP contribution in [0.2, 0.25) is 0 Å². The Kier molecular flexibility index (Phi) is 3.22. The molecule has 3 rings (SSSR count). The highest BCUT2D eigenvalue weighted by atomic mass is 32.1. The van der Waals surface area contributed by atoms with Crippen LogP contribution in [0.1, 0.15) is 18.4 Å². The van der Waals surface area contributed by atoms with Gasteiger partial charge in [-0.2, -0.15) is 0 Å². The van der Waals surface area contributed by atoms with Gasteiger partial charge in [0.05, 0.1) is 0 Å². The van der Waals surface area contributed by atoms with Crippen molar-refractivity contribution in [1.82, 2.24) is 4.90 Å². The molecule has 1 saturated heterocycles. The van der Waals surface area contributed by atoms with Gasteiger partial charge in [-0.25, -0.2) is 0 Å². The molecule has 1 aliphatic carbocycles. The molecular weight excluding hydrogens is 242 g/mol. The number of hydrogen-bond acceptors (Lipinski definition) is 3. The minimum Gasteiger partial charge on any atom is -0.389 e. The highest BCUT2D eigenvalue weighted by molar-refractivity contribution is 7.80. The average Bonchev–Trinajstić information content (AvgIpc) is 3.23. The Hall–Kier alpha value is -1.13. The zero-order chi connectivity index (χ0) is 12.5. The summed E-state index contributed by atoms with van der Waals surface area (Å²) >= 11 is 5.13. The van der Waals surface area contributed by atoms with Gasteiger partial charge in [0.25, 0.3) is 0 Å². The van der Waals surface area contributed by atoms with Crippen molar-refractivity contribution < 1.29 is 0 Å². The van der Waals surface area contributed by atoms with Crippen molar-refractivity contribution in [2.75, 3.05) is 31.1 Å². The minimum absolute atomic E-state index is 0.496. The normalized spacial score (nSPS) is 21.0. The quantitative estimate of drug-likeness (QED) is 0.838. The number of nitrogens with zero attached hydrogens (tertiary/aromatic N) is 2. The molecule has 1 heterocycles. The zero-order valence-corrected chi connectivity index (χ0v) is 11.3. The van der Waals surface area contributed by atoms with E-state index in [1.807, 2.05) is 12.1 Å². The molecular formula is C14H19N3S. The standard InChI is InChI=1S/C14H19N3S/c15-14(18)12-3-1-2-4-13(12)17-9-7-16(8-10-17)11-5-6-11/h1-4,11H,5-10H2,(H2,15,18). The Morgan fingerprint density at radius 1 is 1.11 bits per heavy atom. The van der Waals surface area contributed by atoms with E-state index in [0.29, 0.717) is 4.99 Å². The lowest BCUT2D eigenvalue weighted by Crippen LogP contribution is -2.47. The van der Waals surface area contributed by atoms with E-state index < -0.39 is 0 Å². The van der Waals surface area contributed by atoms with Crippen molar-refractivity contribution in [3.8, 4) is 0 Å². The lowest BCUT2D eigenvalue weighted by molar-refractivity contribution is 0.248. The van der Waals surface area contributed by atoms with Crippen LogP contribution in [0.15, 0.2) is 24.3 Å². The third-order valence-corrected chi connectivity index (χ3v) is 4.11. The maximum Gasteiger partial charge on any atom is 0.106 e. The van der Waals surface area contributed by atoms with Gasteiger partial charge in [-0.1, -0.05) is 24.4 Å². The first-order valence-corrected chi connectivity index (χ1v) is 7.04. The van der Waals surface area contributed by atoms with E-state index in [4.69, 9.17) is 18.0 Å². The van der Waals surface area contributed by atoms with Crippen LogP contribution in [-0.2, 0) is 0 Å². The van der Waals surface area contributed by atoms with E-state index in [2.05, 4.69) is 21.9 Å². The molecule has 3 nitrogen and oxygen atoms in total. The third kappa shape index (κ3) is 2.35. The summed E-state index contributed by atoms with van der Waals surface area (Å²) in [5, 5.41) is 0. The molecule has 1 aliphatic heterocycles. The van der Waals surface area contributed by atoms with Crippen molar-refractivity contribution in [3.05, 3.63) is 29.8 Å². The van der Waals surface area contributed by atoms with Crippen molar-refractivity contribution in [2.24, 2.45) is 5.73 Å². The van der Waals surface area contributed by atoms with Crippen LogP contribution in [0, 0.1) is 0 Å². The molecule has 0 aromatic heterocycles. The summed E-state index contributed by atoms with van der Waals surface area (Å²) in [7, 11) is 0. The van der Waals surface area contributed by atoms with Crippen LogP contribution in [0.5, 0.6) is 0 Å². The van der Waals surface area contributed by atoms with E-state index in [1.54, 1.807) is 0 Å². The molecule has 2 aliphatic rings. The van der Waals surface area contributed by atoms with Crippen LogP contribution < -0.4 is 10.6 Å². The molecule has 0 amide bonds. The summed E-state index contributed by atoms with van der Waals surface area (Å²) in [6.45, 7) is 4.49. The van der Waals surface area contributed by atoms with Gasteiger partial charge in [0, 0.05) is 43.5 Å². The first kappa shape index (κ1) is 11.9. The fourth-order valence-electron chi connectivity index (χ4n) is 2.73. The van der Waals surface area contributed by atoms with Gasteiger partial charge in [-0.15, -0.1) is 0 Å². The topological polar surface area (TPSA) is 32.5 Å². The van der Waals surface area contributed by atoms with Crippen LogP contribution in [0.25, 0.3) is 0 Å². The van der Waals surface area contributed by atoms with E-state index in [-0.39, 0.29) is 0 Å². The molecule has 0 radical (unpaired) electrons. The van der Waals surface area contributed by atoms with Crippen molar-refractivity contribution in [1.29, 1.82) is 0 Å². The van der Waals surface area contributed by atoms with Gasteiger partial charge in [0.1, 0.15) is 4.99 Å². The number of anilines is 1. The number of thiocarbonyl (C=S) groups is 1. The van der Waals surface area contributed by atoms with E-state index in [1.165, 1.54) is 18.5 Å². The fourth-order valence-corrected chi connectivity index (χ4v) is 2.90. The SMILES string of the molecule is NC(=S)c1ccccc1N1CCN(C2CC2)CC1. The monoisotopic (exact) mass is 261 g/mol. The molecule has 0 bridgehead atoms. The molecule has 1 aromatic carbocycles. The molecule has 0 atom stereocenters. The second-order valence-corrected chi connectivity index (χ2v) is 5.58. The number of rotatable bonds is 3. The number of piperazine rings is 1. The van der Waals surface area contributed by atoms with E-state index in [0.717, 1.165) is 37.8 Å². The van der Waals surface area contributed by atoms with Gasteiger partial charge in [0.15, 0.2) is 0 Å². The average molecular weight is 261 g/mol. The van der Waals surface area contributed by atoms with Gasteiger partial charge >= 0.3 is 0 Å². The molecule has 1 saturated carbocycles. The number of nitrogens with two attached hydrogens (primary N) is 1.